The van der Waals surface area contributed by atoms with E-state index < -0.39 is 11.7 Å². The molecule has 0 aliphatic carbocycles. The molecule has 0 bridgehead atoms. The molecule has 0 fully saturated rings. The first-order chi connectivity index (χ1) is 8.49. The number of fused-ring (bicyclic) bond motifs is 1. The summed E-state index contributed by atoms with van der Waals surface area (Å²) in [5, 5.41) is 0.289. The molecule has 0 saturated heterocycles. The second-order valence-corrected chi connectivity index (χ2v) is 4.18. The van der Waals surface area contributed by atoms with E-state index in [0.29, 0.717) is 30.6 Å². The lowest BCUT2D eigenvalue weighted by Crippen LogP contribution is -2.07. The summed E-state index contributed by atoms with van der Waals surface area (Å²) in [6, 6.07) is 4.29. The van der Waals surface area contributed by atoms with Gasteiger partial charge in [0.2, 0.25) is 0 Å². The number of aryl methyl sites for hydroxylation is 1. The maximum atomic E-state index is 13.0. The SMILES string of the molecule is CCn1cc(CCN)c2c(C(F)(F)F)cccc21. The highest BCUT2D eigenvalue weighted by Gasteiger charge is 2.33. The highest BCUT2D eigenvalue weighted by molar-refractivity contribution is 5.88. The van der Waals surface area contributed by atoms with E-state index >= 15 is 0 Å². The quantitative estimate of drug-likeness (QED) is 0.898. The van der Waals surface area contributed by atoms with E-state index in [1.54, 1.807) is 12.3 Å². The number of benzene rings is 1. The molecule has 18 heavy (non-hydrogen) atoms. The molecule has 0 aliphatic rings. The van der Waals surface area contributed by atoms with Gasteiger partial charge in [-0.3, -0.25) is 0 Å². The fraction of sp³-hybridized carbons (Fsp3) is 0.385. The largest absolute Gasteiger partial charge is 0.417 e. The lowest BCUT2D eigenvalue weighted by molar-refractivity contribution is -0.136. The Bertz CT molecular complexity index is 555. The van der Waals surface area contributed by atoms with Gasteiger partial charge in [-0.05, 0) is 37.6 Å². The van der Waals surface area contributed by atoms with Gasteiger partial charge in [-0.2, -0.15) is 13.2 Å². The molecule has 1 aromatic carbocycles. The summed E-state index contributed by atoms with van der Waals surface area (Å²) >= 11 is 0. The van der Waals surface area contributed by atoms with E-state index in [1.807, 2.05) is 11.5 Å². The van der Waals surface area contributed by atoms with Gasteiger partial charge >= 0.3 is 6.18 Å². The number of nitrogens with zero attached hydrogens (tertiary/aromatic N) is 1. The second kappa shape index (κ2) is 4.65. The summed E-state index contributed by atoms with van der Waals surface area (Å²) < 4.78 is 40.9. The van der Waals surface area contributed by atoms with Crippen LogP contribution in [0.3, 0.4) is 0 Å². The number of hydrogen-bond acceptors (Lipinski definition) is 1. The Morgan fingerprint density at radius 2 is 2.00 bits per heavy atom. The van der Waals surface area contributed by atoms with E-state index in [9.17, 15) is 13.2 Å². The molecule has 2 nitrogen and oxygen atoms in total. The van der Waals surface area contributed by atoms with Crippen molar-refractivity contribution in [3.05, 3.63) is 35.5 Å². The number of nitrogens with two attached hydrogens (primary N) is 1. The molecule has 2 N–H and O–H groups in total. The third-order valence-corrected chi connectivity index (χ3v) is 3.04. The third kappa shape index (κ3) is 2.10. The Hall–Kier alpha value is -1.49. The highest BCUT2D eigenvalue weighted by Crippen LogP contribution is 2.37. The summed E-state index contributed by atoms with van der Waals surface area (Å²) in [6.07, 6.45) is -2.11. The van der Waals surface area contributed by atoms with Gasteiger partial charge in [0, 0.05) is 23.6 Å². The van der Waals surface area contributed by atoms with Crippen molar-refractivity contribution in [2.24, 2.45) is 5.73 Å². The van der Waals surface area contributed by atoms with Gasteiger partial charge in [0.15, 0.2) is 0 Å². The first-order valence-electron chi connectivity index (χ1n) is 5.87. The van der Waals surface area contributed by atoms with E-state index in [-0.39, 0.29) is 5.39 Å². The van der Waals surface area contributed by atoms with Crippen LogP contribution in [0.5, 0.6) is 0 Å². The monoisotopic (exact) mass is 256 g/mol. The molecule has 0 atom stereocenters. The topological polar surface area (TPSA) is 30.9 Å². The zero-order chi connectivity index (χ0) is 13.3. The van der Waals surface area contributed by atoms with E-state index in [4.69, 9.17) is 5.73 Å². The minimum atomic E-state index is -4.33. The molecule has 0 aliphatic heterocycles. The molecular weight excluding hydrogens is 241 g/mol. The van der Waals surface area contributed by atoms with Crippen LogP contribution in [0.1, 0.15) is 18.1 Å². The van der Waals surface area contributed by atoms with Gasteiger partial charge in [0.05, 0.1) is 5.56 Å². The summed E-state index contributed by atoms with van der Waals surface area (Å²) in [7, 11) is 0. The van der Waals surface area contributed by atoms with Crippen molar-refractivity contribution in [1.29, 1.82) is 0 Å². The van der Waals surface area contributed by atoms with Crippen LogP contribution in [0.15, 0.2) is 24.4 Å². The van der Waals surface area contributed by atoms with E-state index in [0.717, 1.165) is 6.07 Å². The van der Waals surface area contributed by atoms with Crippen molar-refractivity contribution in [2.75, 3.05) is 6.54 Å². The molecule has 0 spiro atoms. The molecular formula is C13H15F3N2. The van der Waals surface area contributed by atoms with Gasteiger partial charge in [-0.1, -0.05) is 6.07 Å². The maximum absolute atomic E-state index is 13.0. The number of aromatic nitrogens is 1. The predicted molar refractivity (Wildman–Crippen MR) is 65.4 cm³/mol. The minimum Gasteiger partial charge on any atom is -0.347 e. The summed E-state index contributed by atoms with van der Waals surface area (Å²) in [5.41, 5.74) is 6.19. The fourth-order valence-electron chi connectivity index (χ4n) is 2.28. The van der Waals surface area contributed by atoms with Crippen LogP contribution in [-0.2, 0) is 19.1 Å². The highest BCUT2D eigenvalue weighted by atomic mass is 19.4. The Balaban J connectivity index is 2.76. The number of hydrogen-bond donors (Lipinski definition) is 1. The van der Waals surface area contributed by atoms with Crippen LogP contribution < -0.4 is 5.73 Å². The van der Waals surface area contributed by atoms with Crippen molar-refractivity contribution < 1.29 is 13.2 Å². The van der Waals surface area contributed by atoms with Gasteiger partial charge < -0.3 is 10.3 Å². The smallest absolute Gasteiger partial charge is 0.347 e. The molecule has 0 radical (unpaired) electrons. The number of rotatable bonds is 3. The Morgan fingerprint density at radius 1 is 1.28 bits per heavy atom. The lowest BCUT2D eigenvalue weighted by atomic mass is 10.0. The van der Waals surface area contributed by atoms with Crippen molar-refractivity contribution in [1.82, 2.24) is 4.57 Å². The predicted octanol–water partition coefficient (Wildman–Crippen LogP) is 3.18. The zero-order valence-corrected chi connectivity index (χ0v) is 10.1. The molecule has 1 heterocycles. The van der Waals surface area contributed by atoms with Crippen molar-refractivity contribution >= 4 is 10.9 Å². The molecule has 2 rings (SSSR count). The number of halogens is 3. The molecule has 1 aromatic heterocycles. The van der Waals surface area contributed by atoms with Gasteiger partial charge in [-0.25, -0.2) is 0 Å². The van der Waals surface area contributed by atoms with Crippen molar-refractivity contribution in [2.45, 2.75) is 26.1 Å². The van der Waals surface area contributed by atoms with Crippen LogP contribution in [0, 0.1) is 0 Å². The fourth-order valence-corrected chi connectivity index (χ4v) is 2.28. The lowest BCUT2D eigenvalue weighted by Gasteiger charge is -2.10. The van der Waals surface area contributed by atoms with Crippen LogP contribution >= 0.6 is 0 Å². The molecule has 2 aromatic rings. The van der Waals surface area contributed by atoms with Gasteiger partial charge in [-0.15, -0.1) is 0 Å². The van der Waals surface area contributed by atoms with Crippen LogP contribution in [-0.4, -0.2) is 11.1 Å². The van der Waals surface area contributed by atoms with E-state index in [1.165, 1.54) is 6.07 Å². The van der Waals surface area contributed by atoms with Gasteiger partial charge in [0.25, 0.3) is 0 Å². The normalized spacial score (nSPS) is 12.3. The Kier molecular flexibility index (Phi) is 3.34. The summed E-state index contributed by atoms with van der Waals surface area (Å²) in [4.78, 5) is 0. The van der Waals surface area contributed by atoms with Gasteiger partial charge in [0.1, 0.15) is 0 Å². The van der Waals surface area contributed by atoms with Crippen LogP contribution in [0.25, 0.3) is 10.9 Å². The van der Waals surface area contributed by atoms with Crippen molar-refractivity contribution in [3.8, 4) is 0 Å². The maximum Gasteiger partial charge on any atom is 0.417 e. The first-order valence-corrected chi connectivity index (χ1v) is 5.87. The average Bonchev–Trinajstić information content (AvgIpc) is 2.67. The molecule has 5 heteroatoms. The average molecular weight is 256 g/mol. The zero-order valence-electron chi connectivity index (χ0n) is 10.1. The molecule has 98 valence electrons. The minimum absolute atomic E-state index is 0.289. The summed E-state index contributed by atoms with van der Waals surface area (Å²) in [6.45, 7) is 2.89. The molecule has 0 amide bonds. The van der Waals surface area contributed by atoms with Crippen LogP contribution in [0.2, 0.25) is 0 Å². The molecule has 0 unspecified atom stereocenters. The molecule has 0 saturated carbocycles. The Labute approximate surface area is 103 Å². The summed E-state index contributed by atoms with van der Waals surface area (Å²) in [5.74, 6) is 0. The first kappa shape index (κ1) is 13.0. The number of alkyl halides is 3. The van der Waals surface area contributed by atoms with E-state index in [2.05, 4.69) is 0 Å². The third-order valence-electron chi connectivity index (χ3n) is 3.04. The van der Waals surface area contributed by atoms with Crippen molar-refractivity contribution in [3.63, 3.8) is 0 Å². The second-order valence-electron chi connectivity index (χ2n) is 4.18. The Morgan fingerprint density at radius 3 is 2.56 bits per heavy atom. The standard InChI is InChI=1S/C13H15F3N2/c1-2-18-8-9(6-7-17)12-10(13(14,15)16)4-3-5-11(12)18/h3-5,8H,2,6-7,17H2,1H3. The van der Waals surface area contributed by atoms with Crippen LogP contribution in [0.4, 0.5) is 13.2 Å².